The first-order valence-electron chi connectivity index (χ1n) is 5.05. The number of carbonyl (C=O) groups excluding carboxylic acids is 1. The number of thiophene rings is 1. The van der Waals surface area contributed by atoms with E-state index in [0.717, 1.165) is 2.88 Å². The predicted octanol–water partition coefficient (Wildman–Crippen LogP) is 3.96. The predicted molar refractivity (Wildman–Crippen MR) is 83.4 cm³/mol. The zero-order valence-electron chi connectivity index (χ0n) is 9.31. The number of hydrogen-bond acceptors (Lipinski definition) is 3. The van der Waals surface area contributed by atoms with Crippen LogP contribution in [-0.2, 0) is 0 Å². The maximum absolute atomic E-state index is 11.9. The monoisotopic (exact) mass is 407 g/mol. The minimum atomic E-state index is -1.07. The molecule has 4 nitrogen and oxygen atoms in total. The average Bonchev–Trinajstić information content (AvgIpc) is 2.78. The summed E-state index contributed by atoms with van der Waals surface area (Å²) in [6.07, 6.45) is 0. The number of hydrogen-bond donors (Lipinski definition) is 2. The topological polar surface area (TPSA) is 66.4 Å². The molecule has 1 aromatic heterocycles. The van der Waals surface area contributed by atoms with Crippen molar-refractivity contribution in [3.63, 3.8) is 0 Å². The van der Waals surface area contributed by atoms with E-state index in [2.05, 4.69) is 27.9 Å². The summed E-state index contributed by atoms with van der Waals surface area (Å²) in [4.78, 5) is 22.8. The molecule has 0 aliphatic carbocycles. The van der Waals surface area contributed by atoms with Crippen molar-refractivity contribution in [1.29, 1.82) is 0 Å². The molecule has 1 aromatic carbocycles. The Morgan fingerprint density at radius 2 is 2.00 bits per heavy atom. The van der Waals surface area contributed by atoms with E-state index < -0.39 is 5.97 Å². The standard InChI is InChI=1S/C12H7ClINO3S/c13-8-2-1-6(12(17)18)3-9(8)15-11(16)7-4-10(14)19-5-7/h1-5H,(H,15,16)(H,17,18). The molecule has 2 rings (SSSR count). The Labute approximate surface area is 131 Å². The molecule has 7 heteroatoms. The van der Waals surface area contributed by atoms with Gasteiger partial charge in [0.05, 0.1) is 24.7 Å². The number of anilines is 1. The molecule has 0 aliphatic heterocycles. The van der Waals surface area contributed by atoms with Crippen molar-refractivity contribution in [2.24, 2.45) is 0 Å². The van der Waals surface area contributed by atoms with Crippen LogP contribution in [0.5, 0.6) is 0 Å². The molecule has 0 radical (unpaired) electrons. The van der Waals surface area contributed by atoms with E-state index in [0.29, 0.717) is 10.6 Å². The number of halogens is 2. The molecule has 2 N–H and O–H groups in total. The molecule has 0 aliphatic rings. The minimum absolute atomic E-state index is 0.0691. The molecule has 0 saturated carbocycles. The molecule has 2 aromatic rings. The first-order valence-corrected chi connectivity index (χ1v) is 7.39. The number of carbonyl (C=O) groups is 2. The van der Waals surface area contributed by atoms with Crippen LogP contribution >= 0.6 is 45.5 Å². The fraction of sp³-hybridized carbons (Fsp3) is 0. The van der Waals surface area contributed by atoms with Crippen molar-refractivity contribution in [2.75, 3.05) is 5.32 Å². The molecule has 0 bridgehead atoms. The molecule has 0 fully saturated rings. The maximum atomic E-state index is 11.9. The lowest BCUT2D eigenvalue weighted by Crippen LogP contribution is -2.12. The van der Waals surface area contributed by atoms with Gasteiger partial charge in [-0.05, 0) is 46.9 Å². The summed E-state index contributed by atoms with van der Waals surface area (Å²) in [5.41, 5.74) is 0.874. The molecule has 0 spiro atoms. The van der Waals surface area contributed by atoms with Gasteiger partial charge in [0.15, 0.2) is 0 Å². The zero-order valence-corrected chi connectivity index (χ0v) is 13.0. The third kappa shape index (κ3) is 3.46. The van der Waals surface area contributed by atoms with E-state index in [4.69, 9.17) is 16.7 Å². The van der Waals surface area contributed by atoms with Crippen LogP contribution in [0, 0.1) is 2.88 Å². The molecule has 0 saturated heterocycles. The van der Waals surface area contributed by atoms with Crippen molar-refractivity contribution < 1.29 is 14.7 Å². The number of nitrogens with one attached hydrogen (secondary N) is 1. The average molecular weight is 408 g/mol. The number of amides is 1. The molecule has 0 unspecified atom stereocenters. The van der Waals surface area contributed by atoms with Gasteiger partial charge in [0.2, 0.25) is 0 Å². The molecule has 1 heterocycles. The number of benzene rings is 1. The summed E-state index contributed by atoms with van der Waals surface area (Å²) in [5, 5.41) is 13.5. The van der Waals surface area contributed by atoms with E-state index in [-0.39, 0.29) is 17.2 Å². The maximum Gasteiger partial charge on any atom is 0.335 e. The van der Waals surface area contributed by atoms with Gasteiger partial charge in [-0.25, -0.2) is 4.79 Å². The van der Waals surface area contributed by atoms with E-state index in [1.165, 1.54) is 29.5 Å². The third-order valence-electron chi connectivity index (χ3n) is 2.29. The fourth-order valence-corrected chi connectivity index (χ4v) is 2.87. The van der Waals surface area contributed by atoms with E-state index in [9.17, 15) is 9.59 Å². The highest BCUT2D eigenvalue weighted by atomic mass is 127. The first-order chi connectivity index (χ1) is 8.97. The van der Waals surface area contributed by atoms with Gasteiger partial charge in [0, 0.05) is 5.38 Å². The molecule has 1 amide bonds. The van der Waals surface area contributed by atoms with Crippen LogP contribution in [0.15, 0.2) is 29.6 Å². The Morgan fingerprint density at radius 3 is 2.58 bits per heavy atom. The van der Waals surface area contributed by atoms with Crippen molar-refractivity contribution in [2.45, 2.75) is 0 Å². The van der Waals surface area contributed by atoms with Crippen LogP contribution in [0.4, 0.5) is 5.69 Å². The van der Waals surface area contributed by atoms with E-state index in [1.807, 2.05) is 0 Å². The largest absolute Gasteiger partial charge is 0.478 e. The van der Waals surface area contributed by atoms with Crippen LogP contribution in [0.2, 0.25) is 5.02 Å². The van der Waals surface area contributed by atoms with Crippen LogP contribution in [0.1, 0.15) is 20.7 Å². The Hall–Kier alpha value is -1.12. The summed E-state index contributed by atoms with van der Waals surface area (Å²) in [6, 6.07) is 5.90. The zero-order chi connectivity index (χ0) is 14.0. The normalized spacial score (nSPS) is 10.2. The van der Waals surface area contributed by atoms with Crippen molar-refractivity contribution in [1.82, 2.24) is 0 Å². The lowest BCUT2D eigenvalue weighted by molar-refractivity contribution is 0.0696. The first kappa shape index (κ1) is 14.3. The van der Waals surface area contributed by atoms with Crippen molar-refractivity contribution in [3.8, 4) is 0 Å². The number of rotatable bonds is 3. The lowest BCUT2D eigenvalue weighted by Gasteiger charge is -2.07. The summed E-state index contributed by atoms with van der Waals surface area (Å²) in [5.74, 6) is -1.39. The highest BCUT2D eigenvalue weighted by Crippen LogP contribution is 2.24. The lowest BCUT2D eigenvalue weighted by atomic mass is 10.2. The molecule has 98 valence electrons. The molecular weight excluding hydrogens is 401 g/mol. The summed E-state index contributed by atoms with van der Waals surface area (Å²) in [6.45, 7) is 0. The number of carboxylic acids is 1. The fourth-order valence-electron chi connectivity index (χ4n) is 1.38. The van der Waals surface area contributed by atoms with Crippen LogP contribution in [0.25, 0.3) is 0 Å². The Morgan fingerprint density at radius 1 is 1.26 bits per heavy atom. The van der Waals surface area contributed by atoms with E-state index in [1.54, 1.807) is 11.4 Å². The van der Waals surface area contributed by atoms with Gasteiger partial charge in [-0.1, -0.05) is 11.6 Å². The van der Waals surface area contributed by atoms with Gasteiger partial charge in [0.25, 0.3) is 5.91 Å². The summed E-state index contributed by atoms with van der Waals surface area (Å²) >= 11 is 9.51. The second kappa shape index (κ2) is 5.89. The van der Waals surface area contributed by atoms with Crippen LogP contribution in [-0.4, -0.2) is 17.0 Å². The van der Waals surface area contributed by atoms with Gasteiger partial charge in [-0.3, -0.25) is 4.79 Å². The quantitative estimate of drug-likeness (QED) is 0.757. The minimum Gasteiger partial charge on any atom is -0.478 e. The van der Waals surface area contributed by atoms with Gasteiger partial charge in [-0.2, -0.15) is 0 Å². The Kier molecular flexibility index (Phi) is 4.43. The van der Waals surface area contributed by atoms with Gasteiger partial charge in [-0.15, -0.1) is 11.3 Å². The second-order valence-electron chi connectivity index (χ2n) is 3.59. The molecule has 19 heavy (non-hydrogen) atoms. The second-order valence-corrected chi connectivity index (χ2v) is 6.81. The molecule has 0 atom stereocenters. The van der Waals surface area contributed by atoms with Gasteiger partial charge in [0.1, 0.15) is 0 Å². The van der Waals surface area contributed by atoms with Gasteiger partial charge < -0.3 is 10.4 Å². The number of aromatic carboxylic acids is 1. The van der Waals surface area contributed by atoms with Crippen molar-refractivity contribution in [3.05, 3.63) is 48.7 Å². The Bertz CT molecular complexity index is 656. The van der Waals surface area contributed by atoms with Crippen LogP contribution < -0.4 is 5.32 Å². The number of carboxylic acid groups (broad SMARTS) is 1. The third-order valence-corrected chi connectivity index (χ3v) is 4.41. The van der Waals surface area contributed by atoms with Crippen LogP contribution in [0.3, 0.4) is 0 Å². The highest BCUT2D eigenvalue weighted by molar-refractivity contribution is 14.1. The highest BCUT2D eigenvalue weighted by Gasteiger charge is 2.12. The Balaban J connectivity index is 2.25. The van der Waals surface area contributed by atoms with Gasteiger partial charge >= 0.3 is 5.97 Å². The summed E-state index contributed by atoms with van der Waals surface area (Å²) < 4.78 is 0.994. The SMILES string of the molecule is O=C(O)c1ccc(Cl)c(NC(=O)c2csc(I)c2)c1. The van der Waals surface area contributed by atoms with E-state index >= 15 is 0 Å². The molecular formula is C12H7ClINO3S. The smallest absolute Gasteiger partial charge is 0.335 e. The summed E-state index contributed by atoms with van der Waals surface area (Å²) in [7, 11) is 0. The van der Waals surface area contributed by atoms with Crippen molar-refractivity contribution >= 4 is 63.1 Å².